The second-order valence-electron chi connectivity index (χ2n) is 8.99. The highest BCUT2D eigenvalue weighted by atomic mass is 16.4. The number of carboxylic acids is 1. The Bertz CT molecular complexity index is 1420. The average molecular weight is 483 g/mol. The van der Waals surface area contributed by atoms with E-state index in [2.05, 4.69) is 20.3 Å². The zero-order valence-corrected chi connectivity index (χ0v) is 19.6. The van der Waals surface area contributed by atoms with Crippen LogP contribution >= 0.6 is 0 Å². The van der Waals surface area contributed by atoms with E-state index in [1.807, 2.05) is 47.4 Å². The van der Waals surface area contributed by atoms with Crippen LogP contribution in [0.25, 0.3) is 10.8 Å². The summed E-state index contributed by atoms with van der Waals surface area (Å²) in [5.41, 5.74) is 9.25. The molecule has 9 heteroatoms. The van der Waals surface area contributed by atoms with Gasteiger partial charge in [-0.1, -0.05) is 18.2 Å². The topological polar surface area (TPSA) is 134 Å². The van der Waals surface area contributed by atoms with E-state index in [1.54, 1.807) is 24.8 Å². The van der Waals surface area contributed by atoms with Crippen LogP contribution in [0.2, 0.25) is 0 Å². The SMILES string of the molecule is Nc1nccc2cc(CNC(=O)c3cncc(Cc4ccc(N5CCC(C(=O)O)C5)nc4)c3)ccc12. The fraction of sp³-hybridized carbons (Fsp3) is 0.222. The van der Waals surface area contributed by atoms with Gasteiger partial charge in [-0.3, -0.25) is 14.6 Å². The number of nitrogens with zero attached hydrogens (tertiary/aromatic N) is 4. The van der Waals surface area contributed by atoms with Crippen LogP contribution in [-0.4, -0.2) is 45.0 Å². The molecule has 1 aromatic carbocycles. The number of hydrogen-bond donors (Lipinski definition) is 3. The first-order valence-electron chi connectivity index (χ1n) is 11.7. The molecular weight excluding hydrogens is 456 g/mol. The zero-order valence-electron chi connectivity index (χ0n) is 19.6. The number of anilines is 2. The Morgan fingerprint density at radius 2 is 1.89 bits per heavy atom. The van der Waals surface area contributed by atoms with Gasteiger partial charge in [0, 0.05) is 56.2 Å². The molecule has 0 spiro atoms. The molecule has 1 fully saturated rings. The Balaban J connectivity index is 1.20. The molecule has 0 saturated carbocycles. The number of pyridine rings is 3. The van der Waals surface area contributed by atoms with Crippen molar-refractivity contribution in [2.45, 2.75) is 19.4 Å². The smallest absolute Gasteiger partial charge is 0.308 e. The molecule has 1 aliphatic rings. The van der Waals surface area contributed by atoms with E-state index in [0.717, 1.165) is 33.3 Å². The van der Waals surface area contributed by atoms with Crippen molar-refractivity contribution in [3.05, 3.63) is 89.5 Å². The van der Waals surface area contributed by atoms with Gasteiger partial charge in [-0.15, -0.1) is 0 Å². The molecule has 4 aromatic rings. The third-order valence-electron chi connectivity index (χ3n) is 6.45. The number of carbonyl (C=O) groups is 2. The molecule has 36 heavy (non-hydrogen) atoms. The van der Waals surface area contributed by atoms with Crippen LogP contribution in [0.1, 0.15) is 33.5 Å². The molecule has 1 aliphatic heterocycles. The van der Waals surface area contributed by atoms with Gasteiger partial charge in [0.15, 0.2) is 0 Å². The van der Waals surface area contributed by atoms with E-state index in [0.29, 0.717) is 43.9 Å². The van der Waals surface area contributed by atoms with E-state index in [-0.39, 0.29) is 11.8 Å². The predicted octanol–water partition coefficient (Wildman–Crippen LogP) is 3.04. The molecule has 1 atom stereocenters. The molecule has 9 nitrogen and oxygen atoms in total. The van der Waals surface area contributed by atoms with Gasteiger partial charge in [0.25, 0.3) is 5.91 Å². The summed E-state index contributed by atoms with van der Waals surface area (Å²) in [5, 5.41) is 14.0. The lowest BCUT2D eigenvalue weighted by atomic mass is 10.1. The summed E-state index contributed by atoms with van der Waals surface area (Å²) >= 11 is 0. The summed E-state index contributed by atoms with van der Waals surface area (Å²) in [7, 11) is 0. The van der Waals surface area contributed by atoms with E-state index in [4.69, 9.17) is 5.73 Å². The standard InChI is InChI=1S/C27H26N6O3/c28-25-23-3-1-18(10-20(23)5-7-30-25)14-32-26(34)22-11-19(12-29-15-22)9-17-2-4-24(31-13-17)33-8-6-21(16-33)27(35)36/h1-5,7,10-13,15,21H,6,8-9,14,16H2,(H2,28,30)(H,32,34)(H,35,36). The van der Waals surface area contributed by atoms with Crippen molar-refractivity contribution >= 4 is 34.3 Å². The van der Waals surface area contributed by atoms with E-state index in [1.165, 1.54) is 0 Å². The van der Waals surface area contributed by atoms with Gasteiger partial charge in [0.05, 0.1) is 11.5 Å². The highest BCUT2D eigenvalue weighted by Crippen LogP contribution is 2.23. The van der Waals surface area contributed by atoms with Gasteiger partial charge in [-0.05, 0) is 52.8 Å². The fourth-order valence-corrected chi connectivity index (χ4v) is 4.47. The summed E-state index contributed by atoms with van der Waals surface area (Å²) in [6.45, 7) is 1.55. The zero-order chi connectivity index (χ0) is 25.1. The number of amides is 1. The number of carboxylic acid groups (broad SMARTS) is 1. The van der Waals surface area contributed by atoms with Crippen molar-refractivity contribution < 1.29 is 14.7 Å². The van der Waals surface area contributed by atoms with Gasteiger partial charge < -0.3 is 21.1 Å². The summed E-state index contributed by atoms with van der Waals surface area (Å²) in [4.78, 5) is 38.8. The number of carbonyl (C=O) groups excluding carboxylic acids is 1. The molecule has 5 rings (SSSR count). The molecule has 4 N–H and O–H groups in total. The number of fused-ring (bicyclic) bond motifs is 1. The first kappa shape index (κ1) is 23.2. The molecule has 3 aromatic heterocycles. The van der Waals surface area contributed by atoms with Crippen LogP contribution in [0.5, 0.6) is 0 Å². The molecule has 0 bridgehead atoms. The molecule has 4 heterocycles. The molecular formula is C27H26N6O3. The summed E-state index contributed by atoms with van der Waals surface area (Å²) in [6, 6.07) is 13.4. The predicted molar refractivity (Wildman–Crippen MR) is 137 cm³/mol. The van der Waals surface area contributed by atoms with Crippen molar-refractivity contribution in [3.63, 3.8) is 0 Å². The highest BCUT2D eigenvalue weighted by Gasteiger charge is 2.28. The number of nitrogens with two attached hydrogens (primary N) is 1. The van der Waals surface area contributed by atoms with Gasteiger partial charge in [-0.2, -0.15) is 0 Å². The molecule has 1 amide bonds. The highest BCUT2D eigenvalue weighted by molar-refractivity contribution is 5.94. The molecule has 182 valence electrons. The van der Waals surface area contributed by atoms with Crippen LogP contribution in [0.4, 0.5) is 11.6 Å². The van der Waals surface area contributed by atoms with Gasteiger partial charge in [-0.25, -0.2) is 9.97 Å². The molecule has 0 radical (unpaired) electrons. The number of aromatic nitrogens is 3. The van der Waals surface area contributed by atoms with E-state index in [9.17, 15) is 14.7 Å². The number of hydrogen-bond acceptors (Lipinski definition) is 7. The lowest BCUT2D eigenvalue weighted by Crippen LogP contribution is -2.23. The Hall–Kier alpha value is -4.53. The maximum Gasteiger partial charge on any atom is 0.308 e. The number of benzene rings is 1. The summed E-state index contributed by atoms with van der Waals surface area (Å²) in [5.74, 6) is -0.0384. The lowest BCUT2D eigenvalue weighted by molar-refractivity contribution is -0.140. The van der Waals surface area contributed by atoms with E-state index < -0.39 is 5.97 Å². The minimum absolute atomic E-state index is 0.200. The minimum atomic E-state index is -0.759. The van der Waals surface area contributed by atoms with Crippen molar-refractivity contribution in [1.82, 2.24) is 20.3 Å². The number of rotatable bonds is 7. The maximum atomic E-state index is 12.8. The van der Waals surface area contributed by atoms with Crippen molar-refractivity contribution in [2.24, 2.45) is 5.92 Å². The van der Waals surface area contributed by atoms with Crippen molar-refractivity contribution in [1.29, 1.82) is 0 Å². The second-order valence-corrected chi connectivity index (χ2v) is 8.99. The second kappa shape index (κ2) is 9.99. The van der Waals surface area contributed by atoms with E-state index >= 15 is 0 Å². The first-order valence-corrected chi connectivity index (χ1v) is 11.7. The van der Waals surface area contributed by atoms with Crippen LogP contribution in [0.15, 0.2) is 67.3 Å². The number of nitrogens with one attached hydrogen (secondary N) is 1. The monoisotopic (exact) mass is 482 g/mol. The molecule has 1 saturated heterocycles. The minimum Gasteiger partial charge on any atom is -0.481 e. The summed E-state index contributed by atoms with van der Waals surface area (Å²) < 4.78 is 0. The van der Waals surface area contributed by atoms with Gasteiger partial charge in [0.2, 0.25) is 0 Å². The van der Waals surface area contributed by atoms with Gasteiger partial charge in [0.1, 0.15) is 11.6 Å². The van der Waals surface area contributed by atoms with Crippen LogP contribution in [0, 0.1) is 5.92 Å². The van der Waals surface area contributed by atoms with Crippen LogP contribution in [-0.2, 0) is 17.8 Å². The fourth-order valence-electron chi connectivity index (χ4n) is 4.47. The van der Waals surface area contributed by atoms with Crippen LogP contribution in [0.3, 0.4) is 0 Å². The average Bonchev–Trinajstić information content (AvgIpc) is 3.39. The third kappa shape index (κ3) is 5.10. The molecule has 0 aliphatic carbocycles. The Morgan fingerprint density at radius 3 is 2.67 bits per heavy atom. The number of nitrogen functional groups attached to an aromatic ring is 1. The third-order valence-corrected chi connectivity index (χ3v) is 6.45. The Kier molecular flexibility index (Phi) is 6.44. The summed E-state index contributed by atoms with van der Waals surface area (Å²) in [6.07, 6.45) is 7.97. The Morgan fingerprint density at radius 1 is 1.03 bits per heavy atom. The Labute approximate surface area is 208 Å². The number of aliphatic carboxylic acids is 1. The lowest BCUT2D eigenvalue weighted by Gasteiger charge is -2.17. The van der Waals surface area contributed by atoms with Gasteiger partial charge >= 0.3 is 5.97 Å². The first-order chi connectivity index (χ1) is 17.5. The quantitative estimate of drug-likeness (QED) is 0.366. The maximum absolute atomic E-state index is 12.8. The van der Waals surface area contributed by atoms with Crippen molar-refractivity contribution in [3.8, 4) is 0 Å². The van der Waals surface area contributed by atoms with Crippen molar-refractivity contribution in [2.75, 3.05) is 23.7 Å². The normalized spacial score (nSPS) is 15.2. The largest absolute Gasteiger partial charge is 0.481 e. The van der Waals surface area contributed by atoms with Crippen LogP contribution < -0.4 is 16.0 Å². The molecule has 1 unspecified atom stereocenters.